The summed E-state index contributed by atoms with van der Waals surface area (Å²) >= 11 is 1.08. The molecule has 0 unspecified atom stereocenters. The third-order valence-electron chi connectivity index (χ3n) is 5.32. The fourth-order valence-electron chi connectivity index (χ4n) is 3.97. The number of sulfonamides is 1. The Hall–Kier alpha value is -2.16. The topological polar surface area (TPSA) is 77.4 Å². The van der Waals surface area contributed by atoms with Crippen LogP contribution in [0.15, 0.2) is 46.1 Å². The zero-order valence-electron chi connectivity index (χ0n) is 17.6. The Balaban J connectivity index is 1.70. The molecule has 0 saturated carbocycles. The van der Waals surface area contributed by atoms with E-state index in [2.05, 4.69) is 4.72 Å². The molecule has 0 amide bonds. The smallest absolute Gasteiger partial charge is 0.308 e. The normalized spacial score (nSPS) is 18.2. The van der Waals surface area contributed by atoms with Crippen molar-refractivity contribution in [1.82, 2.24) is 9.29 Å². The molecule has 8 heteroatoms. The second kappa shape index (κ2) is 7.51. The first-order valence-corrected chi connectivity index (χ1v) is 12.3. The standard InChI is InChI=1S/C22H26N2O4S2/c1-5-10-24-18-9-7-15(12-20(18)29-21(24)25)30(26,27)23-17-13-22(3,4)28-19-11-14(2)6-8-16(17)19/h6-9,11-12,17,23H,5,10,13H2,1-4H3/t17-/m0/s1. The molecule has 3 aromatic rings. The van der Waals surface area contributed by atoms with Crippen molar-refractivity contribution in [2.24, 2.45) is 0 Å². The zero-order chi connectivity index (χ0) is 21.7. The Labute approximate surface area is 180 Å². The molecular weight excluding hydrogens is 420 g/mol. The summed E-state index contributed by atoms with van der Waals surface area (Å²) in [6.45, 7) is 8.53. The van der Waals surface area contributed by atoms with Crippen LogP contribution in [-0.2, 0) is 16.6 Å². The average Bonchev–Trinajstić information content (AvgIpc) is 2.95. The van der Waals surface area contributed by atoms with Crippen molar-refractivity contribution in [2.45, 2.75) is 63.6 Å². The fraction of sp³-hybridized carbons (Fsp3) is 0.409. The van der Waals surface area contributed by atoms with Crippen LogP contribution < -0.4 is 14.3 Å². The highest BCUT2D eigenvalue weighted by Crippen LogP contribution is 2.40. The molecule has 2 aromatic carbocycles. The van der Waals surface area contributed by atoms with Crippen molar-refractivity contribution < 1.29 is 13.2 Å². The number of benzene rings is 2. The van der Waals surface area contributed by atoms with Gasteiger partial charge in [-0.1, -0.05) is 30.4 Å². The summed E-state index contributed by atoms with van der Waals surface area (Å²) in [4.78, 5) is 12.3. The minimum absolute atomic E-state index is 0.0650. The van der Waals surface area contributed by atoms with Gasteiger partial charge in [-0.25, -0.2) is 13.1 Å². The number of aromatic nitrogens is 1. The molecular formula is C22H26N2O4S2. The van der Waals surface area contributed by atoms with Gasteiger partial charge in [0.05, 0.1) is 21.2 Å². The van der Waals surface area contributed by atoms with E-state index in [1.165, 1.54) is 0 Å². The number of fused-ring (bicyclic) bond motifs is 2. The van der Waals surface area contributed by atoms with Crippen LogP contribution in [-0.4, -0.2) is 18.6 Å². The fourth-order valence-corrected chi connectivity index (χ4v) is 6.24. The van der Waals surface area contributed by atoms with Crippen LogP contribution >= 0.6 is 11.3 Å². The van der Waals surface area contributed by atoms with E-state index in [0.717, 1.165) is 34.4 Å². The van der Waals surface area contributed by atoms with Crippen LogP contribution in [0.25, 0.3) is 10.2 Å². The molecule has 6 nitrogen and oxygen atoms in total. The molecule has 0 fully saturated rings. The van der Waals surface area contributed by atoms with Gasteiger partial charge >= 0.3 is 4.87 Å². The molecule has 1 atom stereocenters. The molecule has 30 heavy (non-hydrogen) atoms. The molecule has 1 aliphatic heterocycles. The summed E-state index contributed by atoms with van der Waals surface area (Å²) in [6, 6.07) is 10.3. The molecule has 160 valence electrons. The minimum Gasteiger partial charge on any atom is -0.487 e. The minimum atomic E-state index is -3.78. The van der Waals surface area contributed by atoms with Gasteiger partial charge in [0.15, 0.2) is 0 Å². The highest BCUT2D eigenvalue weighted by Gasteiger charge is 2.36. The Kier molecular flexibility index (Phi) is 5.28. The van der Waals surface area contributed by atoms with Gasteiger partial charge in [-0.3, -0.25) is 9.36 Å². The highest BCUT2D eigenvalue weighted by atomic mass is 32.2. The maximum atomic E-state index is 13.2. The van der Waals surface area contributed by atoms with Crippen LogP contribution in [0.4, 0.5) is 0 Å². The monoisotopic (exact) mass is 446 g/mol. The number of hydrogen-bond acceptors (Lipinski definition) is 5. The van der Waals surface area contributed by atoms with Crippen molar-refractivity contribution in [3.05, 3.63) is 57.2 Å². The molecule has 1 aliphatic rings. The van der Waals surface area contributed by atoms with E-state index in [4.69, 9.17) is 4.74 Å². The first-order valence-electron chi connectivity index (χ1n) is 10.0. The summed E-state index contributed by atoms with van der Waals surface area (Å²) in [7, 11) is -3.78. The van der Waals surface area contributed by atoms with Crippen molar-refractivity contribution in [1.29, 1.82) is 0 Å². The van der Waals surface area contributed by atoms with E-state index in [1.54, 1.807) is 22.8 Å². The number of ether oxygens (including phenoxy) is 1. The predicted octanol–water partition coefficient (Wildman–Crippen LogP) is 4.36. The van der Waals surface area contributed by atoms with Gasteiger partial charge in [0.2, 0.25) is 10.0 Å². The van der Waals surface area contributed by atoms with Gasteiger partial charge in [-0.2, -0.15) is 0 Å². The summed E-state index contributed by atoms with van der Waals surface area (Å²) in [6.07, 6.45) is 1.36. The van der Waals surface area contributed by atoms with E-state index < -0.39 is 21.7 Å². The van der Waals surface area contributed by atoms with Crippen LogP contribution in [0.5, 0.6) is 5.75 Å². The molecule has 0 spiro atoms. The summed E-state index contributed by atoms with van der Waals surface area (Å²) < 4.78 is 37.8. The van der Waals surface area contributed by atoms with Crippen molar-refractivity contribution in [3.8, 4) is 5.75 Å². The average molecular weight is 447 g/mol. The van der Waals surface area contributed by atoms with Crippen LogP contribution in [0.1, 0.15) is 50.8 Å². The maximum absolute atomic E-state index is 13.2. The van der Waals surface area contributed by atoms with Gasteiger partial charge in [-0.15, -0.1) is 0 Å². The number of hydrogen-bond donors (Lipinski definition) is 1. The lowest BCUT2D eigenvalue weighted by atomic mass is 9.90. The van der Waals surface area contributed by atoms with Crippen LogP contribution in [0, 0.1) is 6.92 Å². The van der Waals surface area contributed by atoms with E-state index in [1.807, 2.05) is 45.9 Å². The molecule has 0 radical (unpaired) electrons. The van der Waals surface area contributed by atoms with Gasteiger partial charge in [0.25, 0.3) is 0 Å². The summed E-state index contributed by atoms with van der Waals surface area (Å²) in [5, 5.41) is 0. The number of aryl methyl sites for hydroxylation is 2. The highest BCUT2D eigenvalue weighted by molar-refractivity contribution is 7.89. The largest absolute Gasteiger partial charge is 0.487 e. The number of nitrogens with zero attached hydrogens (tertiary/aromatic N) is 1. The van der Waals surface area contributed by atoms with Crippen LogP contribution in [0.2, 0.25) is 0 Å². The quantitative estimate of drug-likeness (QED) is 0.632. The molecule has 0 aliphatic carbocycles. The second-order valence-corrected chi connectivity index (χ2v) is 11.1. The van der Waals surface area contributed by atoms with Gasteiger partial charge < -0.3 is 4.74 Å². The number of nitrogens with one attached hydrogen (secondary N) is 1. The first kappa shape index (κ1) is 21.1. The van der Waals surface area contributed by atoms with Crippen molar-refractivity contribution >= 4 is 31.6 Å². The van der Waals surface area contributed by atoms with E-state index >= 15 is 0 Å². The van der Waals surface area contributed by atoms with Crippen molar-refractivity contribution in [2.75, 3.05) is 0 Å². The van der Waals surface area contributed by atoms with E-state index in [0.29, 0.717) is 23.4 Å². The molecule has 4 rings (SSSR count). The molecule has 1 N–H and O–H groups in total. The SMILES string of the molecule is CCCn1c(=O)sc2cc(S(=O)(=O)N[C@H]3CC(C)(C)Oc4cc(C)ccc43)ccc21. The maximum Gasteiger partial charge on any atom is 0.308 e. The Morgan fingerprint density at radius 1 is 1.23 bits per heavy atom. The van der Waals surface area contributed by atoms with Gasteiger partial charge in [0, 0.05) is 18.5 Å². The summed E-state index contributed by atoms with van der Waals surface area (Å²) in [5.41, 5.74) is 2.18. The molecule has 1 aromatic heterocycles. The van der Waals surface area contributed by atoms with E-state index in [9.17, 15) is 13.2 Å². The third kappa shape index (κ3) is 3.91. The Morgan fingerprint density at radius 2 is 2.00 bits per heavy atom. The molecule has 0 bridgehead atoms. The first-order chi connectivity index (χ1) is 14.1. The van der Waals surface area contributed by atoms with Crippen LogP contribution in [0.3, 0.4) is 0 Å². The van der Waals surface area contributed by atoms with Crippen molar-refractivity contribution in [3.63, 3.8) is 0 Å². The lowest BCUT2D eigenvalue weighted by Crippen LogP contribution is -2.41. The van der Waals surface area contributed by atoms with E-state index in [-0.39, 0.29) is 9.77 Å². The number of thiazole rings is 1. The number of rotatable bonds is 5. The second-order valence-electron chi connectivity index (χ2n) is 8.43. The summed E-state index contributed by atoms with van der Waals surface area (Å²) in [5.74, 6) is 0.712. The molecule has 0 saturated heterocycles. The predicted molar refractivity (Wildman–Crippen MR) is 120 cm³/mol. The van der Waals surface area contributed by atoms with Gasteiger partial charge in [0.1, 0.15) is 11.4 Å². The lowest BCUT2D eigenvalue weighted by Gasteiger charge is -2.38. The third-order valence-corrected chi connectivity index (χ3v) is 7.73. The lowest BCUT2D eigenvalue weighted by molar-refractivity contribution is 0.0701. The Bertz CT molecular complexity index is 1270. The zero-order valence-corrected chi connectivity index (χ0v) is 19.2. The Morgan fingerprint density at radius 3 is 2.73 bits per heavy atom. The van der Waals surface area contributed by atoms with Gasteiger partial charge in [-0.05, 0) is 57.0 Å². The molecule has 2 heterocycles.